The van der Waals surface area contributed by atoms with E-state index in [0.29, 0.717) is 0 Å². The van der Waals surface area contributed by atoms with Crippen molar-refractivity contribution in [1.29, 1.82) is 0 Å². The summed E-state index contributed by atoms with van der Waals surface area (Å²) in [5.74, 6) is 0. The lowest BCUT2D eigenvalue weighted by Gasteiger charge is -2.26. The van der Waals surface area contributed by atoms with Crippen LogP contribution < -0.4 is 0 Å². The average molecular weight is 338 g/mol. The van der Waals surface area contributed by atoms with E-state index in [2.05, 4.69) is 44.6 Å². The van der Waals surface area contributed by atoms with Crippen LogP contribution in [-0.2, 0) is 0 Å². The summed E-state index contributed by atoms with van der Waals surface area (Å²) in [6.07, 6.45) is 18.4. The highest BCUT2D eigenvalue weighted by atomic mass is 28.3. The van der Waals surface area contributed by atoms with Gasteiger partial charge in [-0.25, -0.2) is 0 Å². The second-order valence-electron chi connectivity index (χ2n) is 7.17. The third kappa shape index (κ3) is 12.7. The molecule has 0 aromatic heterocycles. The van der Waals surface area contributed by atoms with E-state index in [1.165, 1.54) is 88.4 Å². The summed E-state index contributed by atoms with van der Waals surface area (Å²) in [7, 11) is -1.11. The molecule has 136 valence electrons. The van der Waals surface area contributed by atoms with Crippen molar-refractivity contribution in [2.45, 2.75) is 109 Å². The molecule has 2 heteroatoms. The van der Waals surface area contributed by atoms with Gasteiger partial charge in [0.25, 0.3) is 0 Å². The minimum absolute atomic E-state index is 1.04. The molecule has 0 aromatic carbocycles. The Labute approximate surface area is 148 Å². The fraction of sp³-hybridized carbons (Fsp3) is 0.857. The minimum atomic E-state index is -1.11. The first kappa shape index (κ1) is 22.6. The first-order valence-corrected chi connectivity index (χ1v) is 13.2. The van der Waals surface area contributed by atoms with Crippen molar-refractivity contribution in [3.8, 4) is 0 Å². The molecule has 0 fully saturated rings. The molecule has 0 bridgehead atoms. The predicted octanol–water partition coefficient (Wildman–Crippen LogP) is 7.65. The Bertz CT molecular complexity index is 282. The molecule has 0 aliphatic heterocycles. The largest absolute Gasteiger partial charge is 0.298 e. The number of hydrogen-bond donors (Lipinski definition) is 0. The average Bonchev–Trinajstić information content (AvgIpc) is 2.58. The number of aliphatic imine (C=N–C) groups is 1. The van der Waals surface area contributed by atoms with Crippen LogP contribution in [0.1, 0.15) is 85.0 Å². The second-order valence-corrected chi connectivity index (χ2v) is 12.4. The monoisotopic (exact) mass is 337 g/mol. The van der Waals surface area contributed by atoms with Gasteiger partial charge in [-0.3, -0.25) is 4.99 Å². The van der Waals surface area contributed by atoms with E-state index in [0.717, 1.165) is 6.54 Å². The maximum absolute atomic E-state index is 4.68. The van der Waals surface area contributed by atoms with Gasteiger partial charge in [-0.2, -0.15) is 0 Å². The van der Waals surface area contributed by atoms with Gasteiger partial charge in [-0.05, 0) is 24.7 Å². The Hall–Kier alpha value is -0.373. The summed E-state index contributed by atoms with van der Waals surface area (Å²) < 4.78 is 0. The third-order valence-electron chi connectivity index (χ3n) is 5.37. The van der Waals surface area contributed by atoms with Gasteiger partial charge in [0.2, 0.25) is 0 Å². The van der Waals surface area contributed by atoms with E-state index >= 15 is 0 Å². The van der Waals surface area contributed by atoms with Crippen molar-refractivity contribution in [3.63, 3.8) is 0 Å². The Morgan fingerprint density at radius 2 is 1.26 bits per heavy atom. The summed E-state index contributed by atoms with van der Waals surface area (Å²) >= 11 is 0. The van der Waals surface area contributed by atoms with Gasteiger partial charge in [-0.1, -0.05) is 96.7 Å². The fourth-order valence-electron chi connectivity index (χ4n) is 3.26. The Morgan fingerprint density at radius 1 is 0.739 bits per heavy atom. The van der Waals surface area contributed by atoms with Crippen molar-refractivity contribution in [3.05, 3.63) is 12.7 Å². The molecule has 0 aliphatic rings. The van der Waals surface area contributed by atoms with E-state index in [1.807, 2.05) is 0 Å². The topological polar surface area (TPSA) is 12.4 Å². The van der Waals surface area contributed by atoms with Gasteiger partial charge >= 0.3 is 0 Å². The van der Waals surface area contributed by atoms with E-state index in [9.17, 15) is 0 Å². The molecule has 0 rings (SSSR count). The normalized spacial score (nSPS) is 12.1. The number of hydrogen-bond acceptors (Lipinski definition) is 1. The molecular formula is C21H43NSi. The molecule has 23 heavy (non-hydrogen) atoms. The standard InChI is InChI=1S/C21H43NSi/c1-5-9-10-11-12-13-14-15-16-17-18-22-19-21-23(7-3,8-4)20-6-2/h6,19H,2,5,7-18,20-21H2,1,3-4H3. The Balaban J connectivity index is 3.51. The van der Waals surface area contributed by atoms with Crippen LogP contribution in [0.2, 0.25) is 24.2 Å². The molecule has 0 saturated carbocycles. The van der Waals surface area contributed by atoms with Crippen molar-refractivity contribution < 1.29 is 0 Å². The van der Waals surface area contributed by atoms with E-state index in [1.54, 1.807) is 0 Å². The van der Waals surface area contributed by atoms with Gasteiger partial charge in [0.05, 0.1) is 8.07 Å². The van der Waals surface area contributed by atoms with Crippen molar-refractivity contribution >= 4 is 14.3 Å². The lowest BCUT2D eigenvalue weighted by Crippen LogP contribution is -2.31. The van der Waals surface area contributed by atoms with Crippen LogP contribution >= 0.6 is 0 Å². The van der Waals surface area contributed by atoms with Crippen LogP contribution in [0.5, 0.6) is 0 Å². The lowest BCUT2D eigenvalue weighted by molar-refractivity contribution is 0.558. The molecule has 0 heterocycles. The summed E-state index contributed by atoms with van der Waals surface area (Å²) in [5, 5.41) is 0. The highest BCUT2D eigenvalue weighted by Crippen LogP contribution is 2.24. The van der Waals surface area contributed by atoms with Crippen LogP contribution in [0.4, 0.5) is 0 Å². The number of nitrogens with zero attached hydrogens (tertiary/aromatic N) is 1. The fourth-order valence-corrected chi connectivity index (χ4v) is 6.21. The SMILES string of the molecule is C=CC[Si](CC)(CC)CC=NCCCCCCCCCCCC. The molecule has 0 N–H and O–H groups in total. The number of rotatable bonds is 17. The molecule has 0 amide bonds. The minimum Gasteiger partial charge on any atom is -0.298 e. The molecule has 0 aromatic rings. The maximum atomic E-state index is 4.68. The zero-order chi connectivity index (χ0) is 17.2. The lowest BCUT2D eigenvalue weighted by atomic mass is 10.1. The second kappa shape index (κ2) is 16.5. The zero-order valence-corrected chi connectivity index (χ0v) is 17.4. The van der Waals surface area contributed by atoms with Crippen LogP contribution in [0.3, 0.4) is 0 Å². The Morgan fingerprint density at radius 3 is 1.74 bits per heavy atom. The Kier molecular flexibility index (Phi) is 16.2. The van der Waals surface area contributed by atoms with Crippen LogP contribution in [0.25, 0.3) is 0 Å². The molecule has 0 atom stereocenters. The summed E-state index contributed by atoms with van der Waals surface area (Å²) in [6.45, 7) is 12.0. The summed E-state index contributed by atoms with van der Waals surface area (Å²) in [6, 6.07) is 5.23. The smallest absolute Gasteiger partial charge is 0.0621 e. The predicted molar refractivity (Wildman–Crippen MR) is 112 cm³/mol. The summed E-state index contributed by atoms with van der Waals surface area (Å²) in [5.41, 5.74) is 0. The van der Waals surface area contributed by atoms with Crippen LogP contribution in [0, 0.1) is 0 Å². The van der Waals surface area contributed by atoms with Crippen molar-refractivity contribution in [1.82, 2.24) is 0 Å². The van der Waals surface area contributed by atoms with Gasteiger partial charge < -0.3 is 0 Å². The molecular weight excluding hydrogens is 294 g/mol. The molecule has 1 nitrogen and oxygen atoms in total. The number of unbranched alkanes of at least 4 members (excludes halogenated alkanes) is 9. The number of allylic oxidation sites excluding steroid dienone is 1. The maximum Gasteiger partial charge on any atom is 0.0621 e. The van der Waals surface area contributed by atoms with E-state index in [-0.39, 0.29) is 0 Å². The highest BCUT2D eigenvalue weighted by Gasteiger charge is 2.25. The molecule has 0 spiro atoms. The van der Waals surface area contributed by atoms with Crippen LogP contribution in [0.15, 0.2) is 17.6 Å². The first-order chi connectivity index (χ1) is 11.2. The molecule has 0 saturated heterocycles. The van der Waals surface area contributed by atoms with E-state index in [4.69, 9.17) is 0 Å². The molecule has 0 aliphatic carbocycles. The first-order valence-electron chi connectivity index (χ1n) is 10.3. The van der Waals surface area contributed by atoms with Gasteiger partial charge in [0.15, 0.2) is 0 Å². The molecule has 0 radical (unpaired) electrons. The van der Waals surface area contributed by atoms with Crippen LogP contribution in [-0.4, -0.2) is 20.8 Å². The van der Waals surface area contributed by atoms with Gasteiger partial charge in [-0.15, -0.1) is 6.58 Å². The summed E-state index contributed by atoms with van der Waals surface area (Å²) in [4.78, 5) is 4.68. The van der Waals surface area contributed by atoms with E-state index < -0.39 is 8.07 Å². The highest BCUT2D eigenvalue weighted by molar-refractivity contribution is 6.82. The molecule has 0 unspecified atom stereocenters. The van der Waals surface area contributed by atoms with Crippen molar-refractivity contribution in [2.24, 2.45) is 4.99 Å². The van der Waals surface area contributed by atoms with Gasteiger partial charge in [0.1, 0.15) is 0 Å². The quantitative estimate of drug-likeness (QED) is 0.112. The van der Waals surface area contributed by atoms with Gasteiger partial charge in [0, 0.05) is 6.54 Å². The van der Waals surface area contributed by atoms with Crippen molar-refractivity contribution in [2.75, 3.05) is 6.54 Å². The zero-order valence-electron chi connectivity index (χ0n) is 16.4. The third-order valence-corrected chi connectivity index (χ3v) is 10.6.